The first-order valence-corrected chi connectivity index (χ1v) is 5.32. The van der Waals surface area contributed by atoms with Crippen LogP contribution in [0.25, 0.3) is 10.1 Å². The van der Waals surface area contributed by atoms with Gasteiger partial charge in [-0.25, -0.2) is 0 Å². The normalized spacial score (nSPS) is 10.6. The zero-order valence-electron chi connectivity index (χ0n) is 6.86. The molecule has 0 aliphatic heterocycles. The van der Waals surface area contributed by atoms with Gasteiger partial charge in [-0.3, -0.25) is 10.1 Å². The molecule has 0 unspecified atom stereocenters. The number of nitro groups is 1. The number of halogens is 1. The maximum atomic E-state index is 10.7. The van der Waals surface area contributed by atoms with Gasteiger partial charge >= 0.3 is 0 Å². The van der Waals surface area contributed by atoms with Gasteiger partial charge < -0.3 is 5.73 Å². The van der Waals surface area contributed by atoms with E-state index in [9.17, 15) is 10.1 Å². The van der Waals surface area contributed by atoms with Crippen molar-refractivity contribution in [3.63, 3.8) is 0 Å². The van der Waals surface area contributed by atoms with Gasteiger partial charge in [0, 0.05) is 17.1 Å². The van der Waals surface area contributed by atoms with E-state index in [-0.39, 0.29) is 5.69 Å². The van der Waals surface area contributed by atoms with E-state index >= 15 is 0 Å². The molecule has 1 aromatic carbocycles. The Labute approximate surface area is 91.6 Å². The van der Waals surface area contributed by atoms with E-state index in [2.05, 4.69) is 15.9 Å². The van der Waals surface area contributed by atoms with Gasteiger partial charge in [0.25, 0.3) is 5.69 Å². The molecule has 14 heavy (non-hydrogen) atoms. The first kappa shape index (κ1) is 9.42. The Hall–Kier alpha value is -1.14. The number of thiophene rings is 1. The maximum Gasteiger partial charge on any atom is 0.289 e. The smallest absolute Gasteiger partial charge is 0.289 e. The summed E-state index contributed by atoms with van der Waals surface area (Å²) >= 11 is 4.62. The van der Waals surface area contributed by atoms with E-state index < -0.39 is 4.92 Å². The van der Waals surface area contributed by atoms with E-state index in [1.807, 2.05) is 6.07 Å². The van der Waals surface area contributed by atoms with Crippen LogP contribution in [0.3, 0.4) is 0 Å². The second kappa shape index (κ2) is 3.21. The number of non-ortho nitro benzene ring substituents is 1. The second-order valence-corrected chi connectivity index (χ2v) is 5.20. The molecular weight excluding hydrogens is 268 g/mol. The van der Waals surface area contributed by atoms with Crippen LogP contribution in [0.4, 0.5) is 11.4 Å². The van der Waals surface area contributed by atoms with Crippen LogP contribution in [0.2, 0.25) is 0 Å². The topological polar surface area (TPSA) is 69.2 Å². The minimum absolute atomic E-state index is 0.0655. The number of benzene rings is 1. The molecular formula is C8H5BrN2O2S. The van der Waals surface area contributed by atoms with Crippen molar-refractivity contribution in [3.05, 3.63) is 32.1 Å². The number of fused-ring (bicyclic) bond motifs is 1. The number of nitro benzene ring substituents is 1. The Balaban J connectivity index is 2.85. The van der Waals surface area contributed by atoms with Gasteiger partial charge in [0.15, 0.2) is 0 Å². The highest BCUT2D eigenvalue weighted by Crippen LogP contribution is 2.37. The van der Waals surface area contributed by atoms with Gasteiger partial charge in [-0.15, -0.1) is 11.3 Å². The van der Waals surface area contributed by atoms with E-state index in [1.54, 1.807) is 6.07 Å². The van der Waals surface area contributed by atoms with Crippen LogP contribution in [0.1, 0.15) is 0 Å². The third-order valence-electron chi connectivity index (χ3n) is 1.79. The lowest BCUT2D eigenvalue weighted by atomic mass is 10.2. The summed E-state index contributed by atoms with van der Waals surface area (Å²) < 4.78 is 1.51. The Morgan fingerprint density at radius 1 is 1.43 bits per heavy atom. The molecule has 0 amide bonds. The van der Waals surface area contributed by atoms with Crippen molar-refractivity contribution in [2.24, 2.45) is 0 Å². The van der Waals surface area contributed by atoms with Gasteiger partial charge in [0.2, 0.25) is 0 Å². The average Bonchev–Trinajstić information content (AvgIpc) is 2.42. The zero-order valence-corrected chi connectivity index (χ0v) is 9.26. The fourth-order valence-electron chi connectivity index (χ4n) is 1.26. The summed E-state index contributed by atoms with van der Waals surface area (Å²) in [6.45, 7) is 0. The largest absolute Gasteiger partial charge is 0.399 e. The van der Waals surface area contributed by atoms with Gasteiger partial charge in [-0.2, -0.15) is 0 Å². The van der Waals surface area contributed by atoms with Crippen LogP contribution in [0.15, 0.2) is 22.0 Å². The standard InChI is InChI=1S/C8H5BrN2O2S/c9-7-2-4-1-5(10)3-6(11(12)13)8(4)14-7/h1-3H,10H2. The molecule has 0 bridgehead atoms. The molecule has 0 saturated carbocycles. The van der Waals surface area contributed by atoms with Crippen LogP contribution in [0.5, 0.6) is 0 Å². The highest BCUT2D eigenvalue weighted by molar-refractivity contribution is 9.11. The quantitative estimate of drug-likeness (QED) is 0.493. The highest BCUT2D eigenvalue weighted by atomic mass is 79.9. The highest BCUT2D eigenvalue weighted by Gasteiger charge is 2.15. The lowest BCUT2D eigenvalue weighted by molar-refractivity contribution is -0.382. The molecule has 1 heterocycles. The number of rotatable bonds is 1. The molecule has 72 valence electrons. The molecule has 0 aliphatic carbocycles. The molecule has 0 saturated heterocycles. The van der Waals surface area contributed by atoms with Gasteiger partial charge in [0.1, 0.15) is 4.70 Å². The molecule has 6 heteroatoms. The fourth-order valence-corrected chi connectivity index (χ4v) is 2.85. The summed E-state index contributed by atoms with van der Waals surface area (Å²) in [5.74, 6) is 0. The molecule has 0 spiro atoms. The van der Waals surface area contributed by atoms with E-state index in [0.29, 0.717) is 10.4 Å². The third-order valence-corrected chi connectivity index (χ3v) is 3.46. The first-order chi connectivity index (χ1) is 6.58. The molecule has 2 aromatic rings. The summed E-state index contributed by atoms with van der Waals surface area (Å²) in [6.07, 6.45) is 0. The predicted octanol–water partition coefficient (Wildman–Crippen LogP) is 3.15. The number of nitrogens with zero attached hydrogens (tertiary/aromatic N) is 1. The minimum atomic E-state index is -0.415. The van der Waals surface area contributed by atoms with Crippen molar-refractivity contribution in [2.75, 3.05) is 5.73 Å². The summed E-state index contributed by atoms with van der Waals surface area (Å²) in [6, 6.07) is 4.93. The van der Waals surface area contributed by atoms with Gasteiger partial charge in [0.05, 0.1) is 8.71 Å². The molecule has 0 aliphatic rings. The van der Waals surface area contributed by atoms with E-state index in [0.717, 1.165) is 9.17 Å². The average molecular weight is 273 g/mol. The number of nitrogens with two attached hydrogens (primary N) is 1. The Morgan fingerprint density at radius 2 is 2.14 bits per heavy atom. The molecule has 2 rings (SSSR count). The van der Waals surface area contributed by atoms with Crippen LogP contribution in [-0.2, 0) is 0 Å². The fraction of sp³-hybridized carbons (Fsp3) is 0. The van der Waals surface area contributed by atoms with Crippen molar-refractivity contribution in [1.82, 2.24) is 0 Å². The minimum Gasteiger partial charge on any atom is -0.399 e. The Kier molecular flexibility index (Phi) is 2.16. The summed E-state index contributed by atoms with van der Waals surface area (Å²) in [7, 11) is 0. The maximum absolute atomic E-state index is 10.7. The SMILES string of the molecule is Nc1cc([N+](=O)[O-])c2sc(Br)cc2c1. The number of hydrogen-bond acceptors (Lipinski definition) is 4. The van der Waals surface area contributed by atoms with E-state index in [4.69, 9.17) is 5.73 Å². The number of nitrogen functional groups attached to an aromatic ring is 1. The van der Waals surface area contributed by atoms with Crippen LogP contribution >= 0.6 is 27.3 Å². The monoisotopic (exact) mass is 272 g/mol. The lowest BCUT2D eigenvalue weighted by Gasteiger charge is -1.95. The molecule has 4 nitrogen and oxygen atoms in total. The molecule has 1 aromatic heterocycles. The zero-order chi connectivity index (χ0) is 10.3. The Bertz CT molecular complexity index is 523. The van der Waals surface area contributed by atoms with Gasteiger partial charge in [-0.05, 0) is 28.1 Å². The van der Waals surface area contributed by atoms with Crippen molar-refractivity contribution < 1.29 is 4.92 Å². The van der Waals surface area contributed by atoms with Crippen LogP contribution < -0.4 is 5.73 Å². The first-order valence-electron chi connectivity index (χ1n) is 3.71. The van der Waals surface area contributed by atoms with Gasteiger partial charge in [-0.1, -0.05) is 0 Å². The Morgan fingerprint density at radius 3 is 2.79 bits per heavy atom. The summed E-state index contributed by atoms with van der Waals surface area (Å²) in [5, 5.41) is 11.5. The number of anilines is 1. The third kappa shape index (κ3) is 1.46. The van der Waals surface area contributed by atoms with Crippen molar-refractivity contribution >= 4 is 48.7 Å². The van der Waals surface area contributed by atoms with Crippen molar-refractivity contribution in [3.8, 4) is 0 Å². The molecule has 0 fully saturated rings. The molecule has 2 N–H and O–H groups in total. The summed E-state index contributed by atoms with van der Waals surface area (Å²) in [4.78, 5) is 10.3. The summed E-state index contributed by atoms with van der Waals surface area (Å²) in [5.41, 5.74) is 6.03. The molecule has 0 atom stereocenters. The lowest BCUT2D eigenvalue weighted by Crippen LogP contribution is -1.91. The van der Waals surface area contributed by atoms with Crippen LogP contribution in [-0.4, -0.2) is 4.92 Å². The number of hydrogen-bond donors (Lipinski definition) is 1. The predicted molar refractivity (Wildman–Crippen MR) is 60.6 cm³/mol. The second-order valence-electron chi connectivity index (χ2n) is 2.77. The van der Waals surface area contributed by atoms with Crippen LogP contribution in [0, 0.1) is 10.1 Å². The van der Waals surface area contributed by atoms with Crippen molar-refractivity contribution in [1.29, 1.82) is 0 Å². The van der Waals surface area contributed by atoms with E-state index in [1.165, 1.54) is 17.4 Å². The van der Waals surface area contributed by atoms with Crippen molar-refractivity contribution in [2.45, 2.75) is 0 Å². The molecule has 0 radical (unpaired) electrons.